The quantitative estimate of drug-likeness (QED) is 0.856. The van der Waals surface area contributed by atoms with Gasteiger partial charge in [-0.1, -0.05) is 18.2 Å². The third kappa shape index (κ3) is 3.51. The smallest absolute Gasteiger partial charge is 0.214 e. The van der Waals surface area contributed by atoms with Crippen LogP contribution in [-0.4, -0.2) is 37.2 Å². The van der Waals surface area contributed by atoms with E-state index in [-0.39, 0.29) is 18.8 Å². The molecular weight excluding hydrogens is 257 g/mol. The summed E-state index contributed by atoms with van der Waals surface area (Å²) < 4.78 is 38.5. The molecule has 6 heteroatoms. The van der Waals surface area contributed by atoms with Gasteiger partial charge in [-0.15, -0.1) is 0 Å². The fourth-order valence-corrected chi connectivity index (χ4v) is 3.02. The molecule has 1 rings (SSSR count). The molecule has 18 heavy (non-hydrogen) atoms. The SMILES string of the molecule is CC(c1ccccc1F)N(C)S(=O)(=O)CCCO. The van der Waals surface area contributed by atoms with Gasteiger partial charge in [-0.25, -0.2) is 12.8 Å². The molecule has 0 aliphatic heterocycles. The monoisotopic (exact) mass is 275 g/mol. The standard InChI is InChI=1S/C12H18FNO3S/c1-10(11-6-3-4-7-12(11)13)14(2)18(16,17)9-5-8-15/h3-4,6-7,10,15H,5,8-9H2,1-2H3. The first-order valence-electron chi connectivity index (χ1n) is 5.71. The molecule has 1 atom stereocenters. The largest absolute Gasteiger partial charge is 0.396 e. The molecule has 4 nitrogen and oxygen atoms in total. The zero-order valence-corrected chi connectivity index (χ0v) is 11.3. The zero-order valence-electron chi connectivity index (χ0n) is 10.5. The summed E-state index contributed by atoms with van der Waals surface area (Å²) in [5.41, 5.74) is 0.340. The molecule has 0 aliphatic carbocycles. The van der Waals surface area contributed by atoms with Crippen molar-refractivity contribution >= 4 is 10.0 Å². The van der Waals surface area contributed by atoms with E-state index in [1.165, 1.54) is 13.1 Å². The van der Waals surface area contributed by atoms with Crippen LogP contribution >= 0.6 is 0 Å². The Morgan fingerprint density at radius 3 is 2.56 bits per heavy atom. The second-order valence-electron chi connectivity index (χ2n) is 4.11. The van der Waals surface area contributed by atoms with Crippen LogP contribution in [0.1, 0.15) is 24.9 Å². The summed E-state index contributed by atoms with van der Waals surface area (Å²) >= 11 is 0. The van der Waals surface area contributed by atoms with Gasteiger partial charge in [-0.05, 0) is 19.4 Å². The molecular formula is C12H18FNO3S. The minimum atomic E-state index is -3.48. The number of rotatable bonds is 6. The number of hydrogen-bond donors (Lipinski definition) is 1. The number of hydrogen-bond acceptors (Lipinski definition) is 3. The molecule has 1 N–H and O–H groups in total. The lowest BCUT2D eigenvalue weighted by atomic mass is 10.1. The summed E-state index contributed by atoms with van der Waals surface area (Å²) in [6.45, 7) is 1.45. The predicted octanol–water partition coefficient (Wildman–Crippen LogP) is 1.53. The Morgan fingerprint density at radius 1 is 1.39 bits per heavy atom. The third-order valence-electron chi connectivity index (χ3n) is 2.90. The van der Waals surface area contributed by atoms with Gasteiger partial charge in [0.25, 0.3) is 0 Å². The Kier molecular flexibility index (Phi) is 5.25. The molecule has 0 saturated carbocycles. The summed E-state index contributed by atoms with van der Waals surface area (Å²) in [5.74, 6) is -0.562. The van der Waals surface area contributed by atoms with Gasteiger partial charge in [-0.2, -0.15) is 4.31 Å². The maximum atomic E-state index is 13.6. The minimum absolute atomic E-state index is 0.140. The molecule has 1 aromatic carbocycles. The van der Waals surface area contributed by atoms with Gasteiger partial charge in [0.2, 0.25) is 10.0 Å². The maximum absolute atomic E-state index is 13.6. The summed E-state index contributed by atoms with van der Waals surface area (Å²) in [6, 6.07) is 5.53. The highest BCUT2D eigenvalue weighted by Gasteiger charge is 2.25. The fourth-order valence-electron chi connectivity index (χ4n) is 1.64. The van der Waals surface area contributed by atoms with E-state index in [4.69, 9.17) is 5.11 Å². The van der Waals surface area contributed by atoms with Crippen molar-refractivity contribution in [3.8, 4) is 0 Å². The van der Waals surface area contributed by atoms with Crippen molar-refractivity contribution in [1.29, 1.82) is 0 Å². The first-order chi connectivity index (χ1) is 8.40. The molecule has 0 fully saturated rings. The summed E-state index contributed by atoms with van der Waals surface area (Å²) in [4.78, 5) is 0. The Balaban J connectivity index is 2.91. The topological polar surface area (TPSA) is 57.6 Å². The highest BCUT2D eigenvalue weighted by molar-refractivity contribution is 7.89. The van der Waals surface area contributed by atoms with E-state index in [0.717, 1.165) is 4.31 Å². The van der Waals surface area contributed by atoms with E-state index < -0.39 is 21.9 Å². The molecule has 0 amide bonds. The number of halogens is 1. The normalized spacial score (nSPS) is 13.8. The van der Waals surface area contributed by atoms with Crippen molar-refractivity contribution < 1.29 is 17.9 Å². The van der Waals surface area contributed by atoms with Gasteiger partial charge >= 0.3 is 0 Å². The maximum Gasteiger partial charge on any atom is 0.214 e. The molecule has 0 spiro atoms. The van der Waals surface area contributed by atoms with Crippen molar-refractivity contribution in [3.63, 3.8) is 0 Å². The van der Waals surface area contributed by atoms with Crippen LogP contribution in [-0.2, 0) is 10.0 Å². The fraction of sp³-hybridized carbons (Fsp3) is 0.500. The molecule has 0 aromatic heterocycles. The van der Waals surface area contributed by atoms with Gasteiger partial charge in [0.05, 0.1) is 5.75 Å². The van der Waals surface area contributed by atoms with Gasteiger partial charge < -0.3 is 5.11 Å². The van der Waals surface area contributed by atoms with E-state index in [0.29, 0.717) is 5.56 Å². The third-order valence-corrected chi connectivity index (χ3v) is 4.90. The average molecular weight is 275 g/mol. The number of nitrogens with zero attached hydrogens (tertiary/aromatic N) is 1. The molecule has 102 valence electrons. The molecule has 0 radical (unpaired) electrons. The first kappa shape index (κ1) is 15.1. The van der Waals surface area contributed by atoms with Crippen molar-refractivity contribution in [3.05, 3.63) is 35.6 Å². The second-order valence-corrected chi connectivity index (χ2v) is 6.25. The predicted molar refractivity (Wildman–Crippen MR) is 68.1 cm³/mol. The van der Waals surface area contributed by atoms with E-state index >= 15 is 0 Å². The van der Waals surface area contributed by atoms with Crippen LogP contribution in [0.25, 0.3) is 0 Å². The van der Waals surface area contributed by atoms with Crippen LogP contribution in [0.5, 0.6) is 0 Å². The van der Waals surface area contributed by atoms with Crippen molar-refractivity contribution in [1.82, 2.24) is 4.31 Å². The lowest BCUT2D eigenvalue weighted by molar-refractivity contribution is 0.293. The Morgan fingerprint density at radius 2 is 2.00 bits per heavy atom. The minimum Gasteiger partial charge on any atom is -0.396 e. The van der Waals surface area contributed by atoms with E-state index in [2.05, 4.69) is 0 Å². The van der Waals surface area contributed by atoms with Gasteiger partial charge in [-0.3, -0.25) is 0 Å². The Bertz CT molecular complexity index is 490. The van der Waals surface area contributed by atoms with Crippen LogP contribution in [0.4, 0.5) is 4.39 Å². The van der Waals surface area contributed by atoms with Crippen LogP contribution < -0.4 is 0 Å². The average Bonchev–Trinajstić information content (AvgIpc) is 2.35. The number of sulfonamides is 1. The second kappa shape index (κ2) is 6.26. The Hall–Kier alpha value is -0.980. The lowest BCUT2D eigenvalue weighted by Gasteiger charge is -2.24. The summed E-state index contributed by atoms with van der Waals surface area (Å²) in [7, 11) is -2.06. The van der Waals surface area contributed by atoms with Crippen LogP contribution in [0, 0.1) is 5.82 Å². The van der Waals surface area contributed by atoms with Gasteiger partial charge in [0.15, 0.2) is 0 Å². The molecule has 1 aromatic rings. The van der Waals surface area contributed by atoms with Gasteiger partial charge in [0.1, 0.15) is 5.82 Å². The zero-order chi connectivity index (χ0) is 13.8. The molecule has 0 aliphatic rings. The summed E-state index contributed by atoms with van der Waals surface area (Å²) in [6.07, 6.45) is 0.177. The van der Waals surface area contributed by atoms with Crippen molar-refractivity contribution in [2.45, 2.75) is 19.4 Å². The summed E-state index contributed by atoms with van der Waals surface area (Å²) in [5, 5.41) is 8.67. The van der Waals surface area contributed by atoms with Crippen molar-refractivity contribution in [2.75, 3.05) is 19.4 Å². The molecule has 0 bridgehead atoms. The Labute approximate surface area is 107 Å². The highest BCUT2D eigenvalue weighted by atomic mass is 32.2. The van der Waals surface area contributed by atoms with E-state index in [1.807, 2.05) is 0 Å². The van der Waals surface area contributed by atoms with Gasteiger partial charge in [0, 0.05) is 25.3 Å². The van der Waals surface area contributed by atoms with E-state index in [9.17, 15) is 12.8 Å². The molecule has 0 heterocycles. The van der Waals surface area contributed by atoms with E-state index in [1.54, 1.807) is 25.1 Å². The molecule has 0 saturated heterocycles. The highest BCUT2D eigenvalue weighted by Crippen LogP contribution is 2.24. The number of aliphatic hydroxyl groups excluding tert-OH is 1. The van der Waals surface area contributed by atoms with Crippen LogP contribution in [0.3, 0.4) is 0 Å². The number of benzene rings is 1. The lowest BCUT2D eigenvalue weighted by Crippen LogP contribution is -2.32. The first-order valence-corrected chi connectivity index (χ1v) is 7.32. The molecule has 1 unspecified atom stereocenters. The van der Waals surface area contributed by atoms with Crippen molar-refractivity contribution in [2.24, 2.45) is 0 Å². The van der Waals surface area contributed by atoms with Crippen LogP contribution in [0.15, 0.2) is 24.3 Å². The number of aliphatic hydroxyl groups is 1. The van der Waals surface area contributed by atoms with Crippen LogP contribution in [0.2, 0.25) is 0 Å².